The molecule has 7 nitrogen and oxygen atoms in total. The number of benzene rings is 3. The Hall–Kier alpha value is -4.26. The number of rotatable bonds is 5. The second kappa shape index (κ2) is 9.31. The molecule has 4 rings (SSSR count). The molecule has 3 aromatic carbocycles. The van der Waals surface area contributed by atoms with Crippen LogP contribution in [0.15, 0.2) is 54.6 Å². The lowest BCUT2D eigenvalue weighted by molar-refractivity contribution is -0.132. The van der Waals surface area contributed by atoms with Gasteiger partial charge in [0.1, 0.15) is 22.8 Å². The minimum Gasteiger partial charge on any atom is -0.497 e. The monoisotopic (exact) mass is 456 g/mol. The summed E-state index contributed by atoms with van der Waals surface area (Å²) in [5.74, 6) is 0.349. The molecule has 1 aromatic heterocycles. The molecule has 0 unspecified atom stereocenters. The van der Waals surface area contributed by atoms with Crippen molar-refractivity contribution < 1.29 is 23.8 Å². The van der Waals surface area contributed by atoms with Crippen LogP contribution in [0.4, 0.5) is 0 Å². The third-order valence-corrected chi connectivity index (χ3v) is 5.17. The molecular weight excluding hydrogens is 432 g/mol. The van der Waals surface area contributed by atoms with Gasteiger partial charge in [-0.05, 0) is 49.7 Å². The van der Waals surface area contributed by atoms with Crippen molar-refractivity contribution in [2.45, 2.75) is 27.7 Å². The summed E-state index contributed by atoms with van der Waals surface area (Å²) in [5, 5.41) is 0.794. The van der Waals surface area contributed by atoms with Gasteiger partial charge in [-0.2, -0.15) is 0 Å². The Morgan fingerprint density at radius 1 is 0.765 bits per heavy atom. The molecule has 0 atom stereocenters. The minimum absolute atomic E-state index is 0.214. The average Bonchev–Trinajstić information content (AvgIpc) is 2.77. The SMILES string of the molecule is COc1ccc2nc(-c3c(OC(C)=O)cc(C)cc3OC(C)=O)nc(-c3ccc(C)cc3)c2c1. The molecule has 7 heteroatoms. The fourth-order valence-corrected chi connectivity index (χ4v) is 3.69. The van der Waals surface area contributed by atoms with Crippen LogP contribution in [0.25, 0.3) is 33.5 Å². The molecule has 0 aliphatic carbocycles. The standard InChI is InChI=1S/C27H24N2O5/c1-15-6-8-19(9-7-15)26-21-14-20(32-5)10-11-22(21)28-27(29-26)25-23(33-17(3)30)12-16(2)13-24(25)34-18(4)31/h6-14H,1-5H3. The van der Waals surface area contributed by atoms with Crippen LogP contribution in [0.5, 0.6) is 17.2 Å². The fraction of sp³-hybridized carbons (Fsp3) is 0.185. The molecule has 4 aromatic rings. The molecule has 0 fully saturated rings. The highest BCUT2D eigenvalue weighted by Crippen LogP contribution is 2.40. The number of fused-ring (bicyclic) bond motifs is 1. The van der Waals surface area contributed by atoms with Gasteiger partial charge in [-0.15, -0.1) is 0 Å². The van der Waals surface area contributed by atoms with Crippen molar-refractivity contribution in [2.75, 3.05) is 7.11 Å². The lowest BCUT2D eigenvalue weighted by atomic mass is 10.0. The molecule has 0 N–H and O–H groups in total. The number of ether oxygens (including phenoxy) is 3. The van der Waals surface area contributed by atoms with Crippen LogP contribution in [0, 0.1) is 13.8 Å². The molecule has 172 valence electrons. The first-order valence-corrected chi connectivity index (χ1v) is 10.7. The smallest absolute Gasteiger partial charge is 0.308 e. The highest BCUT2D eigenvalue weighted by molar-refractivity contribution is 5.95. The van der Waals surface area contributed by atoms with Crippen LogP contribution >= 0.6 is 0 Å². The fourth-order valence-electron chi connectivity index (χ4n) is 3.69. The highest BCUT2D eigenvalue weighted by atomic mass is 16.5. The van der Waals surface area contributed by atoms with E-state index in [0.717, 1.165) is 22.1 Å². The summed E-state index contributed by atoms with van der Waals surface area (Å²) in [6.45, 7) is 6.44. The van der Waals surface area contributed by atoms with E-state index in [1.54, 1.807) is 19.2 Å². The summed E-state index contributed by atoms with van der Waals surface area (Å²) in [7, 11) is 1.60. The van der Waals surface area contributed by atoms with E-state index in [0.29, 0.717) is 22.5 Å². The Balaban J connectivity index is 2.06. The van der Waals surface area contributed by atoms with Crippen LogP contribution < -0.4 is 14.2 Å². The zero-order chi connectivity index (χ0) is 24.4. The van der Waals surface area contributed by atoms with E-state index in [9.17, 15) is 9.59 Å². The first-order chi connectivity index (χ1) is 16.2. The molecule has 1 heterocycles. The van der Waals surface area contributed by atoms with E-state index in [1.807, 2.05) is 56.3 Å². The molecule has 0 radical (unpaired) electrons. The summed E-state index contributed by atoms with van der Waals surface area (Å²) in [6.07, 6.45) is 0. The highest BCUT2D eigenvalue weighted by Gasteiger charge is 2.22. The lowest BCUT2D eigenvalue weighted by Crippen LogP contribution is -2.08. The van der Waals surface area contributed by atoms with E-state index in [-0.39, 0.29) is 17.3 Å². The zero-order valence-corrected chi connectivity index (χ0v) is 19.6. The van der Waals surface area contributed by atoms with Gasteiger partial charge in [-0.25, -0.2) is 9.97 Å². The third-order valence-electron chi connectivity index (χ3n) is 5.17. The van der Waals surface area contributed by atoms with Gasteiger partial charge in [-0.1, -0.05) is 29.8 Å². The van der Waals surface area contributed by atoms with E-state index < -0.39 is 11.9 Å². The topological polar surface area (TPSA) is 87.6 Å². The summed E-state index contributed by atoms with van der Waals surface area (Å²) >= 11 is 0. The van der Waals surface area contributed by atoms with Gasteiger partial charge in [0, 0.05) is 24.8 Å². The van der Waals surface area contributed by atoms with Crippen molar-refractivity contribution in [3.8, 4) is 39.9 Å². The molecule has 0 spiro atoms. The van der Waals surface area contributed by atoms with Crippen molar-refractivity contribution in [3.63, 3.8) is 0 Å². The van der Waals surface area contributed by atoms with Crippen molar-refractivity contribution in [2.24, 2.45) is 0 Å². The molecule has 0 saturated carbocycles. The van der Waals surface area contributed by atoms with Crippen molar-refractivity contribution in [1.82, 2.24) is 9.97 Å². The number of aromatic nitrogens is 2. The van der Waals surface area contributed by atoms with Crippen LogP contribution in [0.2, 0.25) is 0 Å². The molecule has 0 saturated heterocycles. The number of methoxy groups -OCH3 is 1. The maximum absolute atomic E-state index is 11.9. The average molecular weight is 456 g/mol. The number of carbonyl (C=O) groups excluding carboxylic acids is 2. The second-order valence-electron chi connectivity index (χ2n) is 7.97. The maximum atomic E-state index is 11.9. The van der Waals surface area contributed by atoms with E-state index >= 15 is 0 Å². The Bertz CT molecular complexity index is 1370. The van der Waals surface area contributed by atoms with Gasteiger partial charge in [0.15, 0.2) is 5.82 Å². The number of carbonyl (C=O) groups is 2. The largest absolute Gasteiger partial charge is 0.497 e. The molecule has 0 aliphatic rings. The molecule has 0 aliphatic heterocycles. The van der Waals surface area contributed by atoms with Gasteiger partial charge in [0.05, 0.1) is 18.3 Å². The Kier molecular flexibility index (Phi) is 6.27. The summed E-state index contributed by atoms with van der Waals surface area (Å²) < 4.78 is 16.4. The van der Waals surface area contributed by atoms with Gasteiger partial charge in [-0.3, -0.25) is 9.59 Å². The zero-order valence-electron chi connectivity index (χ0n) is 19.6. The van der Waals surface area contributed by atoms with Crippen molar-refractivity contribution in [3.05, 3.63) is 65.7 Å². The third kappa shape index (κ3) is 4.73. The van der Waals surface area contributed by atoms with Gasteiger partial charge >= 0.3 is 11.9 Å². The van der Waals surface area contributed by atoms with E-state index in [1.165, 1.54) is 13.8 Å². The first kappa shape index (κ1) is 22.9. The van der Waals surface area contributed by atoms with Crippen LogP contribution in [0.3, 0.4) is 0 Å². The van der Waals surface area contributed by atoms with Crippen LogP contribution in [-0.4, -0.2) is 29.0 Å². The van der Waals surface area contributed by atoms with E-state index in [2.05, 4.69) is 0 Å². The summed E-state index contributed by atoms with van der Waals surface area (Å²) in [5.41, 5.74) is 4.39. The minimum atomic E-state index is -0.509. The number of hydrogen-bond donors (Lipinski definition) is 0. The summed E-state index contributed by atoms with van der Waals surface area (Å²) in [6, 6.07) is 16.9. The van der Waals surface area contributed by atoms with Crippen molar-refractivity contribution in [1.29, 1.82) is 0 Å². The van der Waals surface area contributed by atoms with Gasteiger partial charge < -0.3 is 14.2 Å². The van der Waals surface area contributed by atoms with Crippen molar-refractivity contribution >= 4 is 22.8 Å². The Morgan fingerprint density at radius 3 is 1.94 bits per heavy atom. The number of nitrogens with zero attached hydrogens (tertiary/aromatic N) is 2. The van der Waals surface area contributed by atoms with Gasteiger partial charge in [0.25, 0.3) is 0 Å². The molecular formula is C27H24N2O5. The number of esters is 2. The summed E-state index contributed by atoms with van der Waals surface area (Å²) in [4.78, 5) is 33.3. The molecule has 0 amide bonds. The van der Waals surface area contributed by atoms with Crippen LogP contribution in [-0.2, 0) is 9.59 Å². The normalized spacial score (nSPS) is 10.7. The Morgan fingerprint density at radius 2 is 1.38 bits per heavy atom. The predicted octanol–water partition coefficient (Wildman–Crippen LogP) is 5.44. The lowest BCUT2D eigenvalue weighted by Gasteiger charge is -2.16. The quantitative estimate of drug-likeness (QED) is 0.292. The van der Waals surface area contributed by atoms with Crippen LogP contribution in [0.1, 0.15) is 25.0 Å². The molecule has 0 bridgehead atoms. The maximum Gasteiger partial charge on any atom is 0.308 e. The van der Waals surface area contributed by atoms with E-state index in [4.69, 9.17) is 24.2 Å². The Labute approximate surface area is 197 Å². The first-order valence-electron chi connectivity index (χ1n) is 10.7. The number of hydrogen-bond acceptors (Lipinski definition) is 7. The van der Waals surface area contributed by atoms with Gasteiger partial charge in [0.2, 0.25) is 0 Å². The molecule has 34 heavy (non-hydrogen) atoms. The predicted molar refractivity (Wildman–Crippen MR) is 129 cm³/mol. The number of aryl methyl sites for hydroxylation is 2. The second-order valence-corrected chi connectivity index (χ2v) is 7.97.